The largest absolute Gasteiger partial charge is 0.448 e. The zero-order valence-electron chi connectivity index (χ0n) is 7.97. The van der Waals surface area contributed by atoms with E-state index in [1.54, 1.807) is 0 Å². The molecule has 0 spiro atoms. The average molecular weight is 220 g/mol. The predicted octanol–water partition coefficient (Wildman–Crippen LogP) is 2.07. The number of hydrogen-bond donors (Lipinski definition) is 1. The van der Waals surface area contributed by atoms with Gasteiger partial charge in [0.2, 0.25) is 5.89 Å². The summed E-state index contributed by atoms with van der Waals surface area (Å²) in [6.45, 7) is 0.283. The fourth-order valence-corrected chi connectivity index (χ4v) is 1.76. The van der Waals surface area contributed by atoms with Crippen molar-refractivity contribution in [3.63, 3.8) is 0 Å². The molecule has 0 amide bonds. The summed E-state index contributed by atoms with van der Waals surface area (Å²) in [6.07, 6.45) is -1.32. The van der Waals surface area contributed by atoms with Gasteiger partial charge in [-0.2, -0.15) is 13.2 Å². The maximum absolute atomic E-state index is 12.3. The molecule has 1 saturated carbocycles. The normalized spacial score (nSPS) is 20.0. The predicted molar refractivity (Wildman–Crippen MR) is 46.1 cm³/mol. The molecule has 1 aromatic heterocycles. The second-order valence-electron chi connectivity index (χ2n) is 3.87. The summed E-state index contributed by atoms with van der Waals surface area (Å²) >= 11 is 0. The Balaban J connectivity index is 2.27. The van der Waals surface area contributed by atoms with E-state index in [2.05, 4.69) is 4.98 Å². The lowest BCUT2D eigenvalue weighted by Crippen LogP contribution is -2.41. The van der Waals surface area contributed by atoms with Crippen molar-refractivity contribution in [1.82, 2.24) is 4.98 Å². The van der Waals surface area contributed by atoms with Gasteiger partial charge in [0, 0.05) is 6.54 Å². The van der Waals surface area contributed by atoms with Gasteiger partial charge in [0.25, 0.3) is 0 Å². The van der Waals surface area contributed by atoms with Crippen LogP contribution in [0.5, 0.6) is 0 Å². The molecule has 0 saturated heterocycles. The van der Waals surface area contributed by atoms with Crippen LogP contribution in [0, 0.1) is 0 Å². The van der Waals surface area contributed by atoms with Crippen LogP contribution in [0.3, 0.4) is 0 Å². The van der Waals surface area contributed by atoms with Crippen molar-refractivity contribution in [2.24, 2.45) is 5.73 Å². The molecule has 3 nitrogen and oxygen atoms in total. The number of halogens is 3. The highest BCUT2D eigenvalue weighted by Gasteiger charge is 2.44. The quantitative estimate of drug-likeness (QED) is 0.830. The van der Waals surface area contributed by atoms with Crippen molar-refractivity contribution in [2.45, 2.75) is 30.9 Å². The fraction of sp³-hybridized carbons (Fsp3) is 0.667. The van der Waals surface area contributed by atoms with Crippen LogP contribution >= 0.6 is 0 Å². The minimum absolute atomic E-state index is 0.128. The molecule has 1 fully saturated rings. The molecular weight excluding hydrogens is 209 g/mol. The van der Waals surface area contributed by atoms with Crippen LogP contribution in [-0.2, 0) is 11.6 Å². The summed E-state index contributed by atoms with van der Waals surface area (Å²) in [5.74, 6) is 0.128. The van der Waals surface area contributed by atoms with Gasteiger partial charge in [0.15, 0.2) is 5.69 Å². The number of nitrogens with zero attached hydrogens (tertiary/aromatic N) is 1. The SMILES string of the molecule is NCC1(c2nc(C(F)(F)F)co2)CCC1. The van der Waals surface area contributed by atoms with Crippen molar-refractivity contribution in [3.8, 4) is 0 Å². The molecule has 6 heteroatoms. The zero-order chi connectivity index (χ0) is 11.1. The van der Waals surface area contributed by atoms with E-state index in [1.807, 2.05) is 0 Å². The van der Waals surface area contributed by atoms with Crippen molar-refractivity contribution in [2.75, 3.05) is 6.54 Å². The molecule has 1 heterocycles. The van der Waals surface area contributed by atoms with Gasteiger partial charge in [-0.1, -0.05) is 6.42 Å². The van der Waals surface area contributed by atoms with Gasteiger partial charge < -0.3 is 10.2 Å². The maximum atomic E-state index is 12.3. The lowest BCUT2D eigenvalue weighted by Gasteiger charge is -2.37. The fourth-order valence-electron chi connectivity index (χ4n) is 1.76. The Bertz CT molecular complexity index is 349. The van der Waals surface area contributed by atoms with E-state index in [0.29, 0.717) is 6.26 Å². The molecule has 1 aromatic rings. The van der Waals surface area contributed by atoms with E-state index in [0.717, 1.165) is 19.3 Å². The Kier molecular flexibility index (Phi) is 2.26. The summed E-state index contributed by atoms with van der Waals surface area (Å²) in [6, 6.07) is 0. The minimum atomic E-state index is -4.44. The average Bonchev–Trinajstić information content (AvgIpc) is 2.51. The number of hydrogen-bond acceptors (Lipinski definition) is 3. The number of nitrogens with two attached hydrogens (primary N) is 1. The second-order valence-corrected chi connectivity index (χ2v) is 3.87. The van der Waals surface area contributed by atoms with Gasteiger partial charge in [0.05, 0.1) is 5.41 Å². The lowest BCUT2D eigenvalue weighted by molar-refractivity contribution is -0.141. The van der Waals surface area contributed by atoms with Crippen molar-refractivity contribution < 1.29 is 17.6 Å². The van der Waals surface area contributed by atoms with E-state index < -0.39 is 17.3 Å². The number of alkyl halides is 3. The third-order valence-corrected chi connectivity index (χ3v) is 2.95. The lowest BCUT2D eigenvalue weighted by atomic mass is 9.69. The number of aromatic nitrogens is 1. The van der Waals surface area contributed by atoms with E-state index >= 15 is 0 Å². The summed E-state index contributed by atoms with van der Waals surface area (Å²) < 4.78 is 41.7. The smallest absolute Gasteiger partial charge is 0.436 e. The van der Waals surface area contributed by atoms with Crippen LogP contribution in [0.4, 0.5) is 13.2 Å². The molecule has 1 aliphatic carbocycles. The molecule has 0 atom stereocenters. The Morgan fingerprint density at radius 2 is 2.13 bits per heavy atom. The Labute approximate surface area is 84.5 Å². The van der Waals surface area contributed by atoms with Gasteiger partial charge in [-0.15, -0.1) is 0 Å². The van der Waals surface area contributed by atoms with Crippen LogP contribution in [0.25, 0.3) is 0 Å². The molecule has 2 N–H and O–H groups in total. The molecule has 0 unspecified atom stereocenters. The van der Waals surface area contributed by atoms with Crippen LogP contribution in [0.2, 0.25) is 0 Å². The van der Waals surface area contributed by atoms with Crippen LogP contribution in [0.15, 0.2) is 10.7 Å². The first-order valence-electron chi connectivity index (χ1n) is 4.71. The first-order chi connectivity index (χ1) is 6.98. The molecule has 84 valence electrons. The monoisotopic (exact) mass is 220 g/mol. The Morgan fingerprint density at radius 1 is 1.47 bits per heavy atom. The highest BCUT2D eigenvalue weighted by Crippen LogP contribution is 2.43. The zero-order valence-corrected chi connectivity index (χ0v) is 7.97. The van der Waals surface area contributed by atoms with E-state index in [1.165, 1.54) is 0 Å². The molecule has 2 rings (SSSR count). The summed E-state index contributed by atoms with van der Waals surface area (Å²) in [5.41, 5.74) is 4.11. The van der Waals surface area contributed by atoms with Crippen molar-refractivity contribution in [1.29, 1.82) is 0 Å². The number of rotatable bonds is 2. The van der Waals surface area contributed by atoms with Gasteiger partial charge in [-0.3, -0.25) is 0 Å². The van der Waals surface area contributed by atoms with Gasteiger partial charge in [0.1, 0.15) is 6.26 Å². The second kappa shape index (κ2) is 3.23. The van der Waals surface area contributed by atoms with Gasteiger partial charge >= 0.3 is 6.18 Å². The molecule has 0 radical (unpaired) electrons. The van der Waals surface area contributed by atoms with Crippen LogP contribution in [-0.4, -0.2) is 11.5 Å². The first-order valence-corrected chi connectivity index (χ1v) is 4.71. The highest BCUT2D eigenvalue weighted by atomic mass is 19.4. The standard InChI is InChI=1S/C9H11F3N2O/c10-9(11,12)6-4-15-7(14-6)8(5-13)2-1-3-8/h4H,1-3,5,13H2. The molecule has 15 heavy (non-hydrogen) atoms. The van der Waals surface area contributed by atoms with E-state index in [-0.39, 0.29) is 12.4 Å². The number of oxazole rings is 1. The maximum Gasteiger partial charge on any atom is 0.436 e. The first kappa shape index (κ1) is 10.5. The topological polar surface area (TPSA) is 52.0 Å². The summed E-state index contributed by atoms with van der Waals surface area (Å²) in [5, 5.41) is 0. The minimum Gasteiger partial charge on any atom is -0.448 e. The molecule has 0 aromatic carbocycles. The third-order valence-electron chi connectivity index (χ3n) is 2.95. The van der Waals surface area contributed by atoms with E-state index in [9.17, 15) is 13.2 Å². The third kappa shape index (κ3) is 1.62. The van der Waals surface area contributed by atoms with Gasteiger partial charge in [-0.05, 0) is 12.8 Å². The highest BCUT2D eigenvalue weighted by molar-refractivity contribution is 5.14. The molecule has 0 bridgehead atoms. The summed E-state index contributed by atoms with van der Waals surface area (Å²) in [7, 11) is 0. The van der Waals surface area contributed by atoms with Gasteiger partial charge in [-0.25, -0.2) is 4.98 Å². The van der Waals surface area contributed by atoms with Crippen LogP contribution in [0.1, 0.15) is 30.8 Å². The summed E-state index contributed by atoms with van der Waals surface area (Å²) in [4.78, 5) is 3.47. The molecule has 0 aliphatic heterocycles. The molecular formula is C9H11F3N2O. The van der Waals surface area contributed by atoms with Crippen molar-refractivity contribution in [3.05, 3.63) is 17.8 Å². The van der Waals surface area contributed by atoms with E-state index in [4.69, 9.17) is 10.2 Å². The van der Waals surface area contributed by atoms with Crippen LogP contribution < -0.4 is 5.73 Å². The molecule has 1 aliphatic rings. The Hall–Kier alpha value is -1.04. The Morgan fingerprint density at radius 3 is 2.47 bits per heavy atom. The van der Waals surface area contributed by atoms with Crippen molar-refractivity contribution >= 4 is 0 Å².